The summed E-state index contributed by atoms with van der Waals surface area (Å²) in [7, 11) is 0. The third-order valence-electron chi connectivity index (χ3n) is 2.31. The van der Waals surface area contributed by atoms with Crippen LogP contribution in [0.1, 0.15) is 23.6 Å². The minimum absolute atomic E-state index is 0.415. The maximum absolute atomic E-state index is 10.2. The SMILES string of the molecule is CC(=NOCC(=O)O)c1ccc(C)c(C)c1. The Labute approximate surface area is 94.5 Å². The van der Waals surface area contributed by atoms with E-state index in [-0.39, 0.29) is 0 Å². The number of oxime groups is 1. The Morgan fingerprint density at radius 2 is 2.06 bits per heavy atom. The lowest BCUT2D eigenvalue weighted by molar-refractivity contribution is -0.142. The van der Waals surface area contributed by atoms with E-state index < -0.39 is 12.6 Å². The number of aryl methyl sites for hydroxylation is 2. The lowest BCUT2D eigenvalue weighted by Gasteiger charge is -2.04. The second-order valence-corrected chi connectivity index (χ2v) is 3.64. The average Bonchev–Trinajstić information content (AvgIpc) is 2.21. The highest BCUT2D eigenvalue weighted by molar-refractivity contribution is 5.98. The first-order valence-electron chi connectivity index (χ1n) is 4.96. The van der Waals surface area contributed by atoms with Gasteiger partial charge < -0.3 is 9.94 Å². The second-order valence-electron chi connectivity index (χ2n) is 3.64. The molecule has 1 rings (SSSR count). The Balaban J connectivity index is 2.75. The van der Waals surface area contributed by atoms with Crippen molar-refractivity contribution < 1.29 is 14.7 Å². The number of carboxylic acid groups (broad SMARTS) is 1. The van der Waals surface area contributed by atoms with Crippen LogP contribution >= 0.6 is 0 Å². The molecule has 0 aliphatic rings. The Bertz CT molecular complexity index is 424. The van der Waals surface area contributed by atoms with Crippen LogP contribution < -0.4 is 0 Å². The van der Waals surface area contributed by atoms with Crippen molar-refractivity contribution in [2.45, 2.75) is 20.8 Å². The molecule has 0 aliphatic carbocycles. The zero-order valence-electron chi connectivity index (χ0n) is 9.65. The second kappa shape index (κ2) is 5.30. The predicted molar refractivity (Wildman–Crippen MR) is 61.7 cm³/mol. The highest BCUT2D eigenvalue weighted by Crippen LogP contribution is 2.10. The molecule has 4 nitrogen and oxygen atoms in total. The van der Waals surface area contributed by atoms with Gasteiger partial charge in [0, 0.05) is 0 Å². The molecular formula is C12H15NO3. The van der Waals surface area contributed by atoms with Gasteiger partial charge >= 0.3 is 5.97 Å². The number of nitrogens with zero attached hydrogens (tertiary/aromatic N) is 1. The average molecular weight is 221 g/mol. The van der Waals surface area contributed by atoms with Crippen molar-refractivity contribution in [1.82, 2.24) is 0 Å². The van der Waals surface area contributed by atoms with Gasteiger partial charge in [0.05, 0.1) is 5.71 Å². The first kappa shape index (κ1) is 12.2. The van der Waals surface area contributed by atoms with E-state index >= 15 is 0 Å². The lowest BCUT2D eigenvalue weighted by atomic mass is 10.0. The molecule has 0 spiro atoms. The van der Waals surface area contributed by atoms with E-state index in [1.165, 1.54) is 11.1 Å². The van der Waals surface area contributed by atoms with Crippen LogP contribution in [-0.2, 0) is 9.63 Å². The molecular weight excluding hydrogens is 206 g/mol. The van der Waals surface area contributed by atoms with E-state index in [0.29, 0.717) is 5.71 Å². The molecule has 0 radical (unpaired) electrons. The minimum atomic E-state index is -1.03. The number of hydrogen-bond donors (Lipinski definition) is 1. The van der Waals surface area contributed by atoms with Crippen LogP contribution in [0.3, 0.4) is 0 Å². The Kier molecular flexibility index (Phi) is 4.05. The maximum Gasteiger partial charge on any atom is 0.344 e. The van der Waals surface area contributed by atoms with Gasteiger partial charge in [0.15, 0.2) is 0 Å². The van der Waals surface area contributed by atoms with Gasteiger partial charge in [-0.25, -0.2) is 4.79 Å². The van der Waals surface area contributed by atoms with Crippen molar-refractivity contribution in [3.05, 3.63) is 34.9 Å². The normalized spacial score (nSPS) is 11.3. The van der Waals surface area contributed by atoms with E-state index in [1.54, 1.807) is 6.92 Å². The highest BCUT2D eigenvalue weighted by atomic mass is 16.6. The first-order valence-corrected chi connectivity index (χ1v) is 4.96. The summed E-state index contributed by atoms with van der Waals surface area (Å²) in [6, 6.07) is 5.93. The molecule has 1 aromatic rings. The van der Waals surface area contributed by atoms with Gasteiger partial charge in [0.25, 0.3) is 0 Å². The summed E-state index contributed by atoms with van der Waals surface area (Å²) in [5.41, 5.74) is 3.99. The molecule has 0 bridgehead atoms. The number of carboxylic acids is 1. The number of hydrogen-bond acceptors (Lipinski definition) is 3. The lowest BCUT2D eigenvalue weighted by Crippen LogP contribution is -2.05. The zero-order valence-corrected chi connectivity index (χ0v) is 9.65. The van der Waals surface area contributed by atoms with Crippen molar-refractivity contribution in [1.29, 1.82) is 0 Å². The summed E-state index contributed by atoms with van der Waals surface area (Å²) < 4.78 is 0. The van der Waals surface area contributed by atoms with Crippen molar-refractivity contribution >= 4 is 11.7 Å². The van der Waals surface area contributed by atoms with Crippen LogP contribution in [0.15, 0.2) is 23.4 Å². The van der Waals surface area contributed by atoms with Gasteiger partial charge in [-0.05, 0) is 43.5 Å². The molecule has 0 fully saturated rings. The Hall–Kier alpha value is -1.84. The summed E-state index contributed by atoms with van der Waals surface area (Å²) in [4.78, 5) is 14.9. The molecule has 16 heavy (non-hydrogen) atoms. The quantitative estimate of drug-likeness (QED) is 0.626. The van der Waals surface area contributed by atoms with Crippen molar-refractivity contribution in [3.8, 4) is 0 Å². The number of aliphatic carboxylic acids is 1. The Morgan fingerprint density at radius 1 is 1.38 bits per heavy atom. The number of benzene rings is 1. The molecule has 0 aromatic heterocycles. The van der Waals surface area contributed by atoms with Crippen LogP contribution in [0.25, 0.3) is 0 Å². The maximum atomic E-state index is 10.2. The van der Waals surface area contributed by atoms with Gasteiger partial charge in [-0.3, -0.25) is 0 Å². The summed E-state index contributed by atoms with van der Waals surface area (Å²) in [6.07, 6.45) is 0. The van der Waals surface area contributed by atoms with E-state index in [9.17, 15) is 4.79 Å². The van der Waals surface area contributed by atoms with Crippen LogP contribution in [0.2, 0.25) is 0 Å². The largest absolute Gasteiger partial charge is 0.479 e. The molecule has 0 amide bonds. The van der Waals surface area contributed by atoms with Crippen molar-refractivity contribution in [2.24, 2.45) is 5.16 Å². The van der Waals surface area contributed by atoms with E-state index in [1.807, 2.05) is 32.0 Å². The van der Waals surface area contributed by atoms with E-state index in [0.717, 1.165) is 5.56 Å². The van der Waals surface area contributed by atoms with Crippen LogP contribution in [-0.4, -0.2) is 23.4 Å². The fraction of sp³-hybridized carbons (Fsp3) is 0.333. The molecule has 4 heteroatoms. The fourth-order valence-corrected chi connectivity index (χ4v) is 1.20. The molecule has 0 heterocycles. The smallest absolute Gasteiger partial charge is 0.344 e. The Morgan fingerprint density at radius 3 is 2.62 bits per heavy atom. The van der Waals surface area contributed by atoms with Gasteiger partial charge in [-0.1, -0.05) is 17.3 Å². The van der Waals surface area contributed by atoms with Crippen molar-refractivity contribution in [3.63, 3.8) is 0 Å². The van der Waals surface area contributed by atoms with Gasteiger partial charge in [-0.2, -0.15) is 0 Å². The standard InChI is InChI=1S/C12H15NO3/c1-8-4-5-11(6-9(8)2)10(3)13-16-7-12(14)15/h4-6H,7H2,1-3H3,(H,14,15). The topological polar surface area (TPSA) is 58.9 Å². The van der Waals surface area contributed by atoms with Crippen LogP contribution in [0.5, 0.6) is 0 Å². The fourth-order valence-electron chi connectivity index (χ4n) is 1.20. The summed E-state index contributed by atoms with van der Waals surface area (Å²) in [5.74, 6) is -1.03. The van der Waals surface area contributed by atoms with Gasteiger partial charge in [0.2, 0.25) is 6.61 Å². The van der Waals surface area contributed by atoms with Crippen LogP contribution in [0, 0.1) is 13.8 Å². The molecule has 1 aromatic carbocycles. The molecule has 0 saturated heterocycles. The highest BCUT2D eigenvalue weighted by Gasteiger charge is 2.01. The van der Waals surface area contributed by atoms with Crippen LogP contribution in [0.4, 0.5) is 0 Å². The van der Waals surface area contributed by atoms with Gasteiger partial charge in [0.1, 0.15) is 0 Å². The third-order valence-corrected chi connectivity index (χ3v) is 2.31. The van der Waals surface area contributed by atoms with E-state index in [4.69, 9.17) is 5.11 Å². The molecule has 0 saturated carbocycles. The predicted octanol–water partition coefficient (Wildman–Crippen LogP) is 2.13. The molecule has 86 valence electrons. The summed E-state index contributed by atoms with van der Waals surface area (Å²) in [6.45, 7) is 5.42. The summed E-state index contributed by atoms with van der Waals surface area (Å²) >= 11 is 0. The molecule has 0 unspecified atom stereocenters. The zero-order chi connectivity index (χ0) is 12.1. The third kappa shape index (κ3) is 3.38. The van der Waals surface area contributed by atoms with Crippen molar-refractivity contribution in [2.75, 3.05) is 6.61 Å². The first-order chi connectivity index (χ1) is 7.50. The van der Waals surface area contributed by atoms with E-state index in [2.05, 4.69) is 9.99 Å². The van der Waals surface area contributed by atoms with Gasteiger partial charge in [-0.15, -0.1) is 0 Å². The molecule has 0 atom stereocenters. The summed E-state index contributed by atoms with van der Waals surface area (Å²) in [5, 5.41) is 12.1. The monoisotopic (exact) mass is 221 g/mol. The number of rotatable bonds is 4. The number of carbonyl (C=O) groups is 1. The minimum Gasteiger partial charge on any atom is -0.479 e. The molecule has 1 N–H and O–H groups in total. The molecule has 0 aliphatic heterocycles.